The van der Waals surface area contributed by atoms with Gasteiger partial charge in [0.05, 0.1) is 0 Å². The van der Waals surface area contributed by atoms with Crippen LogP contribution >= 0.6 is 21.4 Å². The van der Waals surface area contributed by atoms with Gasteiger partial charge in [-0.25, -0.2) is 0 Å². The van der Waals surface area contributed by atoms with Gasteiger partial charge in [0, 0.05) is 49.3 Å². The van der Waals surface area contributed by atoms with Crippen molar-refractivity contribution in [1.82, 2.24) is 0 Å². The van der Waals surface area contributed by atoms with Gasteiger partial charge in [-0.1, -0.05) is 189 Å². The third-order valence-corrected chi connectivity index (χ3v) is 20.2. The van der Waals surface area contributed by atoms with Crippen LogP contribution in [0.25, 0.3) is 0 Å². The fraction of sp³-hybridized carbons (Fsp3) is 0.122. The van der Waals surface area contributed by atoms with Crippen molar-refractivity contribution in [3.63, 3.8) is 0 Å². The van der Waals surface area contributed by atoms with Crippen LogP contribution < -0.4 is 31.8 Å². The highest BCUT2D eigenvalue weighted by Gasteiger charge is 2.51. The van der Waals surface area contributed by atoms with Gasteiger partial charge in [0.1, 0.15) is 21.4 Å². The Bertz CT molecular complexity index is 1890. The molecule has 0 aliphatic heterocycles. The molecule has 6 aromatic carbocycles. The van der Waals surface area contributed by atoms with E-state index in [1.165, 1.54) is 0 Å². The Labute approximate surface area is 278 Å². The normalized spacial score (nSPS) is 13.5. The highest BCUT2D eigenvalue weighted by molar-refractivity contribution is 7.85. The number of rotatable bonds is 12. The summed E-state index contributed by atoms with van der Waals surface area (Å²) in [4.78, 5) is 0. The Morgan fingerprint density at radius 2 is 0.596 bits per heavy atom. The molecule has 0 fully saturated rings. The first-order chi connectivity index (χ1) is 22.9. The molecule has 0 aliphatic carbocycles. The highest BCUT2D eigenvalue weighted by atomic mass is 31.2. The molecule has 0 saturated heterocycles. The van der Waals surface area contributed by atoms with E-state index in [4.69, 9.17) is 0 Å². The molecule has 0 aliphatic rings. The molecule has 6 aromatic rings. The Morgan fingerprint density at radius 1 is 0.362 bits per heavy atom. The van der Waals surface area contributed by atoms with Gasteiger partial charge in [0.15, 0.2) is 0 Å². The molecule has 2 unspecified atom stereocenters. The molecule has 0 saturated carbocycles. The van der Waals surface area contributed by atoms with Crippen molar-refractivity contribution in [2.45, 2.75) is 24.7 Å². The molecule has 0 N–H and O–H groups in total. The van der Waals surface area contributed by atoms with Crippen LogP contribution in [0, 0.1) is 0 Å². The molecule has 0 radical (unpaired) electrons. The summed E-state index contributed by atoms with van der Waals surface area (Å²) in [5, 5.41) is 4.18. The monoisotopic (exact) mass is 672 g/mol. The third kappa shape index (κ3) is 6.34. The largest absolute Gasteiger partial charge is 0.314 e. The zero-order valence-corrected chi connectivity index (χ0v) is 29.1. The molecule has 3 nitrogen and oxygen atoms in total. The van der Waals surface area contributed by atoms with E-state index in [1.807, 2.05) is 189 Å². The lowest BCUT2D eigenvalue weighted by Gasteiger charge is -2.40. The molecule has 0 bridgehead atoms. The van der Waals surface area contributed by atoms with Gasteiger partial charge in [-0.3, -0.25) is 0 Å². The quantitative estimate of drug-likeness (QED) is 0.123. The summed E-state index contributed by atoms with van der Waals surface area (Å²) in [5.74, 6) is 0. The zero-order chi connectivity index (χ0) is 32.7. The van der Waals surface area contributed by atoms with Crippen molar-refractivity contribution < 1.29 is 13.7 Å². The third-order valence-electron chi connectivity index (χ3n) is 9.15. The van der Waals surface area contributed by atoms with Crippen LogP contribution in [0.3, 0.4) is 0 Å². The second kappa shape index (κ2) is 14.4. The maximum absolute atomic E-state index is 16.5. The van der Waals surface area contributed by atoms with E-state index in [0.717, 1.165) is 0 Å². The van der Waals surface area contributed by atoms with Gasteiger partial charge >= 0.3 is 0 Å². The summed E-state index contributed by atoms with van der Waals surface area (Å²) in [6, 6.07) is 57.5. The predicted octanol–water partition coefficient (Wildman–Crippen LogP) is 8.18. The van der Waals surface area contributed by atoms with Gasteiger partial charge in [-0.05, 0) is 6.42 Å². The SMILES string of the molecule is CCC(C(CP(=O)(c1ccccc1)c1ccccc1)P(=O)(c1ccccc1)c1ccccc1)P(=O)(c1ccccc1)c1ccccc1. The van der Waals surface area contributed by atoms with Gasteiger partial charge < -0.3 is 13.7 Å². The van der Waals surface area contributed by atoms with E-state index in [9.17, 15) is 0 Å². The molecule has 6 heteroatoms. The first kappa shape index (κ1) is 32.9. The first-order valence-electron chi connectivity index (χ1n) is 16.0. The Hall–Kier alpha value is -3.99. The minimum absolute atomic E-state index is 0.0876. The fourth-order valence-corrected chi connectivity index (χ4v) is 19.0. The van der Waals surface area contributed by atoms with Crippen molar-refractivity contribution in [3.05, 3.63) is 182 Å². The average Bonchev–Trinajstić information content (AvgIpc) is 3.16. The fourth-order valence-electron chi connectivity index (χ4n) is 6.87. The van der Waals surface area contributed by atoms with Gasteiger partial charge in [0.25, 0.3) is 0 Å². The van der Waals surface area contributed by atoms with Gasteiger partial charge in [0.2, 0.25) is 0 Å². The molecule has 47 heavy (non-hydrogen) atoms. The Kier molecular flexibility index (Phi) is 10.1. The standard InChI is InChI=1S/C41H39O3P3/c1-2-40(46(43,36-25-13-5-14-26-36)37-27-15-6-16-28-37)41(47(44,38-29-17-7-18-30-38)39-31-19-8-20-32-39)33-45(42,34-21-9-3-10-22-34)35-23-11-4-12-24-35/h3-32,40-41H,2,33H2,1H3. The number of hydrogen-bond acceptors (Lipinski definition) is 3. The maximum atomic E-state index is 16.5. The van der Waals surface area contributed by atoms with E-state index in [0.29, 0.717) is 38.2 Å². The van der Waals surface area contributed by atoms with Crippen LogP contribution in [0.4, 0.5) is 0 Å². The molecule has 0 heterocycles. The van der Waals surface area contributed by atoms with Crippen LogP contribution in [-0.2, 0) is 13.7 Å². The molecular weight excluding hydrogens is 633 g/mol. The van der Waals surface area contributed by atoms with Crippen LogP contribution in [0.2, 0.25) is 0 Å². The molecule has 236 valence electrons. The van der Waals surface area contributed by atoms with Crippen LogP contribution in [0.1, 0.15) is 13.3 Å². The highest BCUT2D eigenvalue weighted by Crippen LogP contribution is 2.64. The number of benzene rings is 6. The summed E-state index contributed by atoms with van der Waals surface area (Å²) < 4.78 is 48.7. The van der Waals surface area contributed by atoms with Gasteiger partial charge in [-0.2, -0.15) is 0 Å². The Morgan fingerprint density at radius 3 is 0.851 bits per heavy atom. The zero-order valence-electron chi connectivity index (χ0n) is 26.5. The molecule has 0 amide bonds. The Balaban J connectivity index is 1.70. The van der Waals surface area contributed by atoms with E-state index in [2.05, 4.69) is 0 Å². The summed E-state index contributed by atoms with van der Waals surface area (Å²) in [6.45, 7) is 2.03. The van der Waals surface area contributed by atoms with E-state index in [-0.39, 0.29) is 6.16 Å². The van der Waals surface area contributed by atoms with E-state index >= 15 is 13.7 Å². The number of hydrogen-bond donors (Lipinski definition) is 0. The molecule has 6 rings (SSSR count). The van der Waals surface area contributed by atoms with Crippen molar-refractivity contribution in [1.29, 1.82) is 0 Å². The second-order valence-electron chi connectivity index (χ2n) is 11.8. The molecule has 0 spiro atoms. The molecule has 0 aromatic heterocycles. The minimum Gasteiger partial charge on any atom is -0.314 e. The lowest BCUT2D eigenvalue weighted by atomic mass is 10.2. The van der Waals surface area contributed by atoms with Crippen molar-refractivity contribution in [2.24, 2.45) is 0 Å². The van der Waals surface area contributed by atoms with Crippen LogP contribution in [0.15, 0.2) is 182 Å². The summed E-state index contributed by atoms with van der Waals surface area (Å²) in [5.41, 5.74) is -1.34. The lowest BCUT2D eigenvalue weighted by molar-refractivity contribution is 0.554. The lowest BCUT2D eigenvalue weighted by Crippen LogP contribution is -2.42. The maximum Gasteiger partial charge on any atom is 0.147 e. The smallest absolute Gasteiger partial charge is 0.147 e. The summed E-state index contributed by atoms with van der Waals surface area (Å²) in [6.07, 6.45) is 0.559. The second-order valence-corrected chi connectivity index (χ2v) is 20.7. The van der Waals surface area contributed by atoms with Gasteiger partial charge in [-0.15, -0.1) is 0 Å². The van der Waals surface area contributed by atoms with Crippen molar-refractivity contribution in [2.75, 3.05) is 6.16 Å². The topological polar surface area (TPSA) is 51.2 Å². The first-order valence-corrected chi connectivity index (χ1v) is 21.5. The van der Waals surface area contributed by atoms with Crippen molar-refractivity contribution in [3.8, 4) is 0 Å². The predicted molar refractivity (Wildman–Crippen MR) is 202 cm³/mol. The molecular formula is C41H39O3P3. The summed E-state index contributed by atoms with van der Waals surface area (Å²) >= 11 is 0. The van der Waals surface area contributed by atoms with Crippen molar-refractivity contribution >= 4 is 53.3 Å². The summed E-state index contributed by atoms with van der Waals surface area (Å²) in [7, 11) is -10.5. The minimum atomic E-state index is -3.63. The van der Waals surface area contributed by atoms with E-state index < -0.39 is 32.7 Å². The van der Waals surface area contributed by atoms with E-state index in [1.54, 1.807) is 0 Å². The van der Waals surface area contributed by atoms with Crippen LogP contribution in [-0.4, -0.2) is 17.5 Å². The van der Waals surface area contributed by atoms with Crippen LogP contribution in [0.5, 0.6) is 0 Å². The molecule has 2 atom stereocenters. The average molecular weight is 673 g/mol.